The van der Waals surface area contributed by atoms with E-state index in [1.54, 1.807) is 16.6 Å². The minimum atomic E-state index is -0.360. The van der Waals surface area contributed by atoms with E-state index in [2.05, 4.69) is 11.2 Å². The van der Waals surface area contributed by atoms with Gasteiger partial charge >= 0.3 is 6.03 Å². The number of fused-ring (bicyclic) bond motifs is 1. The van der Waals surface area contributed by atoms with Crippen molar-refractivity contribution in [2.75, 3.05) is 69.3 Å². The van der Waals surface area contributed by atoms with E-state index in [0.717, 1.165) is 16.9 Å². The Morgan fingerprint density at radius 2 is 1.86 bits per heavy atom. The van der Waals surface area contributed by atoms with E-state index in [1.165, 1.54) is 29.7 Å². The van der Waals surface area contributed by atoms with Crippen molar-refractivity contribution in [3.63, 3.8) is 0 Å². The number of urea groups is 1. The van der Waals surface area contributed by atoms with Gasteiger partial charge in [-0.25, -0.2) is 23.1 Å². The van der Waals surface area contributed by atoms with Gasteiger partial charge in [0.2, 0.25) is 0 Å². The van der Waals surface area contributed by atoms with Crippen molar-refractivity contribution in [1.82, 2.24) is 24.4 Å². The third-order valence-corrected chi connectivity index (χ3v) is 9.57. The number of rotatable bonds is 5. The molecule has 10 nitrogen and oxygen atoms in total. The molecule has 4 aromatic rings. The highest BCUT2D eigenvalue weighted by molar-refractivity contribution is 7.16. The van der Waals surface area contributed by atoms with Crippen LogP contribution >= 0.6 is 11.3 Å². The Balaban J connectivity index is 1.14. The van der Waals surface area contributed by atoms with Crippen molar-refractivity contribution in [3.8, 4) is 17.3 Å². The minimum absolute atomic E-state index is 0.0136. The molecule has 13 heteroatoms. The van der Waals surface area contributed by atoms with Crippen molar-refractivity contribution in [1.29, 1.82) is 5.26 Å². The maximum absolute atomic E-state index is 15.4. The zero-order chi connectivity index (χ0) is 29.9. The summed E-state index contributed by atoms with van der Waals surface area (Å²) in [7, 11) is 1.86. The first-order chi connectivity index (χ1) is 20.8. The molecule has 0 atom stereocenters. The standard InChI is InChI=1S/C30H30F2N8O2S/c1-3-22-27(36(2)28-34-26(25(13-33)43-28)19-4-6-20(31)7-5-19)24-12-23(21(32)14-40(24)35-22)38-15-30(16-38)17-39(18-30)29(41)37-8-10-42-11-9-37/h4-7,12,14H,3,8-11,15-18H2,1-2H3. The van der Waals surface area contributed by atoms with Gasteiger partial charge in [-0.3, -0.25) is 0 Å². The highest BCUT2D eigenvalue weighted by Gasteiger charge is 2.54. The van der Waals surface area contributed by atoms with Crippen molar-refractivity contribution in [3.05, 3.63) is 58.7 Å². The molecule has 0 aliphatic carbocycles. The SMILES string of the molecule is CCc1nn2cc(F)c(N3CC4(CN(C(=O)N5CCOCC5)C4)C3)cc2c1N(C)c1nc(-c2ccc(F)cc2)c(C#N)s1. The van der Waals surface area contributed by atoms with Crippen molar-refractivity contribution >= 4 is 39.4 Å². The van der Waals surface area contributed by atoms with Crippen LogP contribution in [0.3, 0.4) is 0 Å². The van der Waals surface area contributed by atoms with Gasteiger partial charge in [0.15, 0.2) is 10.9 Å². The van der Waals surface area contributed by atoms with Gasteiger partial charge in [-0.15, -0.1) is 0 Å². The number of carbonyl (C=O) groups excluding carboxylic acids is 1. The quantitative estimate of drug-likeness (QED) is 0.331. The van der Waals surface area contributed by atoms with Crippen LogP contribution in [-0.2, 0) is 11.2 Å². The van der Waals surface area contributed by atoms with Crippen molar-refractivity contribution in [2.24, 2.45) is 5.41 Å². The second-order valence-corrected chi connectivity index (χ2v) is 12.4. The molecule has 0 bridgehead atoms. The average Bonchev–Trinajstić information content (AvgIpc) is 3.57. The number of likely N-dealkylation sites (tertiary alicyclic amines) is 1. The lowest BCUT2D eigenvalue weighted by molar-refractivity contribution is -0.0180. The van der Waals surface area contributed by atoms with Crippen LogP contribution in [-0.4, -0.2) is 90.0 Å². The van der Waals surface area contributed by atoms with E-state index in [-0.39, 0.29) is 23.1 Å². The molecule has 2 amide bonds. The summed E-state index contributed by atoms with van der Waals surface area (Å²) < 4.78 is 35.9. The molecule has 0 radical (unpaired) electrons. The fraction of sp³-hybridized carbons (Fsp3) is 0.400. The second-order valence-electron chi connectivity index (χ2n) is 11.4. The van der Waals surface area contributed by atoms with E-state index in [4.69, 9.17) is 9.72 Å². The molecule has 1 spiro atoms. The van der Waals surface area contributed by atoms with Gasteiger partial charge in [-0.1, -0.05) is 18.3 Å². The number of carbonyl (C=O) groups is 1. The Hall–Kier alpha value is -4.28. The summed E-state index contributed by atoms with van der Waals surface area (Å²) in [6, 6.07) is 10.0. The molecule has 0 unspecified atom stereocenters. The third-order valence-electron chi connectivity index (χ3n) is 8.54. The van der Waals surface area contributed by atoms with Gasteiger partial charge in [0.1, 0.15) is 22.5 Å². The number of ether oxygens (including phenoxy) is 1. The topological polar surface area (TPSA) is 93.2 Å². The predicted octanol–water partition coefficient (Wildman–Crippen LogP) is 4.51. The number of aromatic nitrogens is 3. The average molecular weight is 605 g/mol. The van der Waals surface area contributed by atoms with Gasteiger partial charge < -0.3 is 24.3 Å². The van der Waals surface area contributed by atoms with Crippen LogP contribution in [0.1, 0.15) is 17.5 Å². The Labute approximate surface area is 251 Å². The highest BCUT2D eigenvalue weighted by Crippen LogP contribution is 2.44. The first kappa shape index (κ1) is 27.5. The highest BCUT2D eigenvalue weighted by atomic mass is 32.1. The number of halogens is 2. The maximum Gasteiger partial charge on any atom is 0.320 e. The number of amides is 2. The van der Waals surface area contributed by atoms with Crippen LogP contribution in [0.15, 0.2) is 36.5 Å². The molecule has 3 fully saturated rings. The number of aryl methyl sites for hydroxylation is 1. The van der Waals surface area contributed by atoms with E-state index in [0.29, 0.717) is 85.9 Å². The first-order valence-corrected chi connectivity index (χ1v) is 15.1. The zero-order valence-electron chi connectivity index (χ0n) is 23.9. The summed E-state index contributed by atoms with van der Waals surface area (Å²) in [5.74, 6) is -0.720. The number of anilines is 3. The molecule has 43 heavy (non-hydrogen) atoms. The summed E-state index contributed by atoms with van der Waals surface area (Å²) in [6.07, 6.45) is 2.02. The fourth-order valence-corrected chi connectivity index (χ4v) is 7.21. The Bertz CT molecular complexity index is 1740. The Morgan fingerprint density at radius 1 is 1.14 bits per heavy atom. The van der Waals surface area contributed by atoms with Crippen LogP contribution in [0.25, 0.3) is 16.8 Å². The molecule has 3 aliphatic rings. The van der Waals surface area contributed by atoms with Gasteiger partial charge in [-0.05, 0) is 36.8 Å². The lowest BCUT2D eigenvalue weighted by Crippen LogP contribution is -2.74. The molecule has 0 N–H and O–H groups in total. The third kappa shape index (κ3) is 4.65. The zero-order valence-corrected chi connectivity index (χ0v) is 24.7. The largest absolute Gasteiger partial charge is 0.378 e. The normalized spacial score (nSPS) is 17.6. The second kappa shape index (κ2) is 10.5. The van der Waals surface area contributed by atoms with E-state index in [1.807, 2.05) is 39.6 Å². The van der Waals surface area contributed by atoms with Crippen LogP contribution < -0.4 is 9.80 Å². The van der Waals surface area contributed by atoms with Gasteiger partial charge in [-0.2, -0.15) is 10.4 Å². The number of nitriles is 1. The predicted molar refractivity (Wildman–Crippen MR) is 159 cm³/mol. The van der Waals surface area contributed by atoms with Crippen molar-refractivity contribution in [2.45, 2.75) is 13.3 Å². The Morgan fingerprint density at radius 3 is 2.53 bits per heavy atom. The lowest BCUT2D eigenvalue weighted by Gasteiger charge is -2.61. The van der Waals surface area contributed by atoms with E-state index in [9.17, 15) is 14.4 Å². The molecule has 3 aliphatic heterocycles. The molecule has 1 aromatic carbocycles. The monoisotopic (exact) mass is 604 g/mol. The van der Waals surface area contributed by atoms with Crippen LogP contribution in [0, 0.1) is 28.4 Å². The summed E-state index contributed by atoms with van der Waals surface area (Å²) in [5, 5.41) is 15.0. The number of hydrogen-bond donors (Lipinski definition) is 0. The first-order valence-electron chi connectivity index (χ1n) is 14.3. The van der Waals surface area contributed by atoms with E-state index < -0.39 is 0 Å². The number of nitrogens with zero attached hydrogens (tertiary/aromatic N) is 8. The van der Waals surface area contributed by atoms with Gasteiger partial charge in [0.05, 0.1) is 42.0 Å². The lowest BCUT2D eigenvalue weighted by atomic mass is 9.72. The smallest absolute Gasteiger partial charge is 0.320 e. The summed E-state index contributed by atoms with van der Waals surface area (Å²) in [4.78, 5) is 25.6. The molecule has 7 rings (SSSR count). The van der Waals surface area contributed by atoms with Crippen LogP contribution in [0.5, 0.6) is 0 Å². The number of morpholine rings is 1. The van der Waals surface area contributed by atoms with Gasteiger partial charge in [0.25, 0.3) is 0 Å². The van der Waals surface area contributed by atoms with Gasteiger partial charge in [0, 0.05) is 57.3 Å². The Kier molecular flexibility index (Phi) is 6.70. The summed E-state index contributed by atoms with van der Waals surface area (Å²) >= 11 is 1.24. The number of benzene rings is 1. The molecule has 3 aromatic heterocycles. The van der Waals surface area contributed by atoms with Crippen molar-refractivity contribution < 1.29 is 18.3 Å². The summed E-state index contributed by atoms with van der Waals surface area (Å²) in [6.45, 7) is 7.06. The molecular weight excluding hydrogens is 574 g/mol. The number of hydrogen-bond acceptors (Lipinski definition) is 8. The van der Waals surface area contributed by atoms with Crippen LogP contribution in [0.2, 0.25) is 0 Å². The van der Waals surface area contributed by atoms with E-state index >= 15 is 4.39 Å². The molecule has 0 saturated carbocycles. The molecule has 222 valence electrons. The number of pyridine rings is 1. The maximum atomic E-state index is 15.4. The molecular formula is C30H30F2N8O2S. The number of thiazole rings is 1. The molecule has 3 saturated heterocycles. The van der Waals surface area contributed by atoms with Crippen LogP contribution in [0.4, 0.5) is 30.1 Å². The fourth-order valence-electron chi connectivity index (χ4n) is 6.35. The molecule has 6 heterocycles. The minimum Gasteiger partial charge on any atom is -0.378 e. The summed E-state index contributed by atoms with van der Waals surface area (Å²) in [5.41, 5.74) is 3.91.